The number of imide groups is 1. The molecule has 0 unspecified atom stereocenters. The number of aryl methyl sites for hydroxylation is 1. The Labute approximate surface area is 222 Å². The van der Waals surface area contributed by atoms with Crippen molar-refractivity contribution in [2.75, 3.05) is 13.7 Å². The van der Waals surface area contributed by atoms with Gasteiger partial charge in [0.15, 0.2) is 11.5 Å². The summed E-state index contributed by atoms with van der Waals surface area (Å²) in [6.45, 7) is 4.52. The van der Waals surface area contributed by atoms with E-state index in [9.17, 15) is 14.4 Å². The van der Waals surface area contributed by atoms with Gasteiger partial charge in [0.25, 0.3) is 5.91 Å². The zero-order valence-corrected chi connectivity index (χ0v) is 22.1. The van der Waals surface area contributed by atoms with E-state index < -0.39 is 17.9 Å². The number of nitrogens with zero attached hydrogens (tertiary/aromatic N) is 1. The lowest BCUT2D eigenvalue weighted by molar-refractivity contribution is -0.123. The fraction of sp³-hybridized carbons (Fsp3) is 0.222. The molecule has 9 nitrogen and oxygen atoms in total. The van der Waals surface area contributed by atoms with Gasteiger partial charge in [0, 0.05) is 4.47 Å². The lowest BCUT2D eigenvalue weighted by Crippen LogP contribution is -2.30. The van der Waals surface area contributed by atoms with Crippen LogP contribution in [0.2, 0.25) is 0 Å². The second-order valence-corrected chi connectivity index (χ2v) is 9.02. The van der Waals surface area contributed by atoms with Crippen LogP contribution in [0.5, 0.6) is 11.5 Å². The number of halogens is 1. The number of rotatable bonds is 9. The molecule has 2 aromatic carbocycles. The monoisotopic (exact) mass is 568 g/mol. The highest BCUT2D eigenvalue weighted by Gasteiger charge is 2.34. The Bertz CT molecular complexity index is 1380. The third-order valence-electron chi connectivity index (χ3n) is 5.46. The lowest BCUT2D eigenvalue weighted by atomic mass is 10.1. The second-order valence-electron chi connectivity index (χ2n) is 8.17. The smallest absolute Gasteiger partial charge is 0.373 e. The number of furan rings is 1. The Kier molecular flexibility index (Phi) is 7.98. The first kappa shape index (κ1) is 26.0. The van der Waals surface area contributed by atoms with E-state index in [-0.39, 0.29) is 23.8 Å². The number of nitrogens with one attached hydrogen (secondary N) is 1. The van der Waals surface area contributed by atoms with Gasteiger partial charge >= 0.3 is 12.0 Å². The molecule has 0 atom stereocenters. The fourth-order valence-electron chi connectivity index (χ4n) is 3.71. The summed E-state index contributed by atoms with van der Waals surface area (Å²) in [5.74, 6) is 0.109. The van der Waals surface area contributed by atoms with Crippen LogP contribution in [0.1, 0.15) is 39.9 Å². The van der Waals surface area contributed by atoms with Crippen molar-refractivity contribution < 1.29 is 33.0 Å². The Hall–Kier alpha value is -4.05. The number of carbonyl (C=O) groups is 3. The number of carbonyl (C=O) groups excluding carboxylic acids is 3. The first-order valence-electron chi connectivity index (χ1n) is 11.4. The predicted octanol–water partition coefficient (Wildman–Crippen LogP) is 5.21. The van der Waals surface area contributed by atoms with E-state index in [1.807, 2.05) is 38.1 Å². The highest BCUT2D eigenvalue weighted by Crippen LogP contribution is 2.36. The van der Waals surface area contributed by atoms with Crippen LogP contribution >= 0.6 is 15.9 Å². The van der Waals surface area contributed by atoms with Gasteiger partial charge in [0.2, 0.25) is 5.76 Å². The van der Waals surface area contributed by atoms with Gasteiger partial charge in [-0.1, -0.05) is 45.8 Å². The SMILES string of the molecule is CCOc1cc(/C=C2\NC(=O)N(Cc3ccc(C(=O)OC)o3)C2=O)c(Br)cc1OCc1cccc(C)c1. The molecule has 1 aliphatic rings. The summed E-state index contributed by atoms with van der Waals surface area (Å²) < 4.78 is 22.4. The molecule has 0 aliphatic carbocycles. The van der Waals surface area contributed by atoms with Gasteiger partial charge in [-0.2, -0.15) is 0 Å². The summed E-state index contributed by atoms with van der Waals surface area (Å²) in [5, 5.41) is 2.58. The normalized spacial score (nSPS) is 14.2. The number of ether oxygens (including phenoxy) is 3. The van der Waals surface area contributed by atoms with Crippen LogP contribution in [0, 0.1) is 6.92 Å². The molecule has 1 aliphatic heterocycles. The molecule has 192 valence electrons. The minimum absolute atomic E-state index is 0.0163. The summed E-state index contributed by atoms with van der Waals surface area (Å²) in [6.07, 6.45) is 1.55. The van der Waals surface area contributed by atoms with Crippen LogP contribution in [-0.4, -0.2) is 36.5 Å². The van der Waals surface area contributed by atoms with E-state index in [4.69, 9.17) is 13.9 Å². The molecule has 3 amide bonds. The number of hydrogen-bond acceptors (Lipinski definition) is 7. The summed E-state index contributed by atoms with van der Waals surface area (Å²) in [5.41, 5.74) is 2.87. The summed E-state index contributed by atoms with van der Waals surface area (Å²) in [4.78, 5) is 38.1. The quantitative estimate of drug-likeness (QED) is 0.214. The first-order valence-corrected chi connectivity index (χ1v) is 12.2. The maximum Gasteiger partial charge on any atom is 0.373 e. The number of amides is 3. The van der Waals surface area contributed by atoms with Crippen molar-refractivity contribution in [1.29, 1.82) is 0 Å². The van der Waals surface area contributed by atoms with Gasteiger partial charge < -0.3 is 23.9 Å². The summed E-state index contributed by atoms with van der Waals surface area (Å²) in [6, 6.07) is 13.9. The third kappa shape index (κ3) is 6.03. The van der Waals surface area contributed by atoms with Gasteiger partial charge in [-0.05, 0) is 55.3 Å². The Morgan fingerprint density at radius 2 is 1.89 bits per heavy atom. The van der Waals surface area contributed by atoms with Crippen LogP contribution in [-0.2, 0) is 22.7 Å². The standard InChI is InChI=1S/C27H25BrN2O7/c1-4-35-23-12-18(20(28)13-24(23)36-15-17-7-5-6-16(2)10-17)11-21-25(31)30(27(33)29-21)14-19-8-9-22(37-19)26(32)34-3/h5-13H,4,14-15H2,1-3H3,(H,29,33)/b21-11-. The van der Waals surface area contributed by atoms with E-state index >= 15 is 0 Å². The van der Waals surface area contributed by atoms with Crippen LogP contribution in [0.25, 0.3) is 6.08 Å². The highest BCUT2D eigenvalue weighted by molar-refractivity contribution is 9.10. The van der Waals surface area contributed by atoms with Crippen LogP contribution in [0.4, 0.5) is 4.79 Å². The van der Waals surface area contributed by atoms with Gasteiger partial charge in [-0.25, -0.2) is 9.59 Å². The molecule has 4 rings (SSSR count). The van der Waals surface area contributed by atoms with Crippen molar-refractivity contribution in [3.05, 3.63) is 86.9 Å². The number of benzene rings is 2. The summed E-state index contributed by atoms with van der Waals surface area (Å²) >= 11 is 3.53. The fourth-order valence-corrected chi connectivity index (χ4v) is 4.14. The molecule has 0 spiro atoms. The maximum atomic E-state index is 13.0. The largest absolute Gasteiger partial charge is 0.490 e. The molecule has 1 fully saturated rings. The van der Waals surface area contributed by atoms with Gasteiger partial charge in [0.1, 0.15) is 18.1 Å². The molecular weight excluding hydrogens is 544 g/mol. The Morgan fingerprint density at radius 3 is 2.62 bits per heavy atom. The molecular formula is C27H25BrN2O7. The minimum atomic E-state index is -0.648. The van der Waals surface area contributed by atoms with Crippen molar-refractivity contribution in [3.63, 3.8) is 0 Å². The molecule has 37 heavy (non-hydrogen) atoms. The predicted molar refractivity (Wildman–Crippen MR) is 138 cm³/mol. The summed E-state index contributed by atoms with van der Waals surface area (Å²) in [7, 11) is 1.23. The zero-order valence-electron chi connectivity index (χ0n) is 20.5. The van der Waals surface area contributed by atoms with Crippen molar-refractivity contribution >= 4 is 39.9 Å². The van der Waals surface area contributed by atoms with E-state index in [1.54, 1.807) is 18.2 Å². The van der Waals surface area contributed by atoms with E-state index in [1.165, 1.54) is 19.2 Å². The van der Waals surface area contributed by atoms with Gasteiger partial charge in [-0.3, -0.25) is 9.69 Å². The van der Waals surface area contributed by atoms with Gasteiger partial charge in [0.05, 0.1) is 20.3 Å². The van der Waals surface area contributed by atoms with E-state index in [0.29, 0.717) is 34.7 Å². The Balaban J connectivity index is 1.53. The van der Waals surface area contributed by atoms with Crippen LogP contribution < -0.4 is 14.8 Å². The number of urea groups is 1. The van der Waals surface area contributed by atoms with Crippen molar-refractivity contribution in [1.82, 2.24) is 10.2 Å². The van der Waals surface area contributed by atoms with E-state index in [0.717, 1.165) is 16.0 Å². The molecule has 10 heteroatoms. The van der Waals surface area contributed by atoms with Gasteiger partial charge in [-0.15, -0.1) is 0 Å². The first-order chi connectivity index (χ1) is 17.8. The molecule has 0 bridgehead atoms. The topological polar surface area (TPSA) is 107 Å². The average molecular weight is 569 g/mol. The lowest BCUT2D eigenvalue weighted by Gasteiger charge is -2.14. The molecule has 0 saturated carbocycles. The number of esters is 1. The van der Waals surface area contributed by atoms with Crippen LogP contribution in [0.3, 0.4) is 0 Å². The second kappa shape index (κ2) is 11.3. The molecule has 0 radical (unpaired) electrons. The number of methoxy groups -OCH3 is 1. The maximum absolute atomic E-state index is 13.0. The minimum Gasteiger partial charge on any atom is -0.490 e. The van der Waals surface area contributed by atoms with Crippen molar-refractivity contribution in [2.24, 2.45) is 0 Å². The van der Waals surface area contributed by atoms with Crippen LogP contribution in [0.15, 0.2) is 63.1 Å². The molecule has 1 saturated heterocycles. The molecule has 1 aromatic heterocycles. The molecule has 3 aromatic rings. The van der Waals surface area contributed by atoms with E-state index in [2.05, 4.69) is 26.0 Å². The Morgan fingerprint density at radius 1 is 1.11 bits per heavy atom. The third-order valence-corrected chi connectivity index (χ3v) is 6.15. The number of hydrogen-bond donors (Lipinski definition) is 1. The zero-order chi connectivity index (χ0) is 26.5. The van der Waals surface area contributed by atoms with Crippen molar-refractivity contribution in [2.45, 2.75) is 27.0 Å². The molecule has 2 heterocycles. The molecule has 1 N–H and O–H groups in total. The highest BCUT2D eigenvalue weighted by atomic mass is 79.9. The van der Waals surface area contributed by atoms with Crippen molar-refractivity contribution in [3.8, 4) is 11.5 Å². The average Bonchev–Trinajstić information content (AvgIpc) is 3.45.